The Morgan fingerprint density at radius 2 is 1.76 bits per heavy atom. The molecule has 0 spiro atoms. The second-order valence-corrected chi connectivity index (χ2v) is 4.42. The van der Waals surface area contributed by atoms with Crippen molar-refractivity contribution < 1.29 is 14.3 Å². The lowest BCUT2D eigenvalue weighted by molar-refractivity contribution is 0.104. The van der Waals surface area contributed by atoms with E-state index in [9.17, 15) is 4.79 Å². The molecular weight excluding hydrogens is 264 g/mol. The topological polar surface area (TPSA) is 35.5 Å². The predicted molar refractivity (Wildman–Crippen MR) is 82.3 cm³/mol. The molecule has 21 heavy (non-hydrogen) atoms. The molecule has 0 saturated carbocycles. The minimum Gasteiger partial charge on any atom is -0.501 e. The number of ether oxygens (including phenoxy) is 2. The molecule has 0 atom stereocenters. The Hall–Kier alpha value is -2.55. The lowest BCUT2D eigenvalue weighted by Gasteiger charge is -2.06. The van der Waals surface area contributed by atoms with Crippen molar-refractivity contribution in [2.45, 2.75) is 13.5 Å². The molecule has 0 aliphatic carbocycles. The maximum Gasteiger partial charge on any atom is 0.188 e. The smallest absolute Gasteiger partial charge is 0.188 e. The van der Waals surface area contributed by atoms with Gasteiger partial charge in [-0.1, -0.05) is 30.3 Å². The van der Waals surface area contributed by atoms with Crippen LogP contribution in [0.1, 0.15) is 22.8 Å². The Balaban J connectivity index is 1.91. The molecule has 108 valence electrons. The highest BCUT2D eigenvalue weighted by Gasteiger charge is 2.02. The maximum atomic E-state index is 11.8. The van der Waals surface area contributed by atoms with Crippen molar-refractivity contribution in [3.05, 3.63) is 78.1 Å². The monoisotopic (exact) mass is 282 g/mol. The number of benzene rings is 2. The molecule has 0 saturated heterocycles. The molecular formula is C18H18O3. The second kappa shape index (κ2) is 7.90. The van der Waals surface area contributed by atoms with Crippen LogP contribution < -0.4 is 4.74 Å². The van der Waals surface area contributed by atoms with Gasteiger partial charge in [-0.3, -0.25) is 4.79 Å². The van der Waals surface area contributed by atoms with E-state index in [1.807, 2.05) is 37.3 Å². The zero-order valence-corrected chi connectivity index (χ0v) is 12.0. The van der Waals surface area contributed by atoms with Crippen LogP contribution in [0.25, 0.3) is 0 Å². The number of hydrogen-bond acceptors (Lipinski definition) is 3. The van der Waals surface area contributed by atoms with Crippen molar-refractivity contribution in [2.24, 2.45) is 0 Å². The first kappa shape index (κ1) is 14.9. The summed E-state index contributed by atoms with van der Waals surface area (Å²) in [5, 5.41) is 0. The summed E-state index contributed by atoms with van der Waals surface area (Å²) >= 11 is 0. The maximum absolute atomic E-state index is 11.8. The summed E-state index contributed by atoms with van der Waals surface area (Å²) in [6.45, 7) is 2.93. The first-order chi connectivity index (χ1) is 10.3. The lowest BCUT2D eigenvalue weighted by Crippen LogP contribution is -1.97. The Kier molecular flexibility index (Phi) is 5.59. The SMILES string of the molecule is CCOC=CC(=O)c1ccc(OCc2ccccc2)cc1. The molecule has 3 nitrogen and oxygen atoms in total. The van der Waals surface area contributed by atoms with Gasteiger partial charge in [0.2, 0.25) is 0 Å². The Morgan fingerprint density at radius 3 is 2.43 bits per heavy atom. The number of carbonyl (C=O) groups is 1. The first-order valence-corrected chi connectivity index (χ1v) is 6.89. The quantitative estimate of drug-likeness (QED) is 0.437. The van der Waals surface area contributed by atoms with Crippen LogP contribution in [0.5, 0.6) is 5.75 Å². The van der Waals surface area contributed by atoms with Gasteiger partial charge in [-0.25, -0.2) is 0 Å². The van der Waals surface area contributed by atoms with Crippen LogP contribution in [0.2, 0.25) is 0 Å². The summed E-state index contributed by atoms with van der Waals surface area (Å²) in [6.07, 6.45) is 2.84. The van der Waals surface area contributed by atoms with Gasteiger partial charge in [-0.2, -0.15) is 0 Å². The van der Waals surface area contributed by atoms with Crippen LogP contribution >= 0.6 is 0 Å². The van der Waals surface area contributed by atoms with Crippen LogP contribution in [0.3, 0.4) is 0 Å². The van der Waals surface area contributed by atoms with E-state index in [1.165, 1.54) is 12.3 Å². The Bertz CT molecular complexity index is 586. The fourth-order valence-corrected chi connectivity index (χ4v) is 1.76. The molecule has 0 fully saturated rings. The van der Waals surface area contributed by atoms with Gasteiger partial charge in [0.25, 0.3) is 0 Å². The molecule has 0 aliphatic heterocycles. The summed E-state index contributed by atoms with van der Waals surface area (Å²) in [4.78, 5) is 11.8. The molecule has 2 aromatic rings. The molecule has 0 heterocycles. The highest BCUT2D eigenvalue weighted by molar-refractivity contribution is 6.04. The lowest BCUT2D eigenvalue weighted by atomic mass is 10.1. The van der Waals surface area contributed by atoms with Crippen LogP contribution in [0.15, 0.2) is 66.9 Å². The molecule has 0 aromatic heterocycles. The van der Waals surface area contributed by atoms with Crippen LogP contribution in [-0.2, 0) is 11.3 Å². The molecule has 2 rings (SSSR count). The van der Waals surface area contributed by atoms with Crippen molar-refractivity contribution in [3.63, 3.8) is 0 Å². The van der Waals surface area contributed by atoms with Crippen LogP contribution in [0, 0.1) is 0 Å². The van der Waals surface area contributed by atoms with Crippen molar-refractivity contribution in [1.82, 2.24) is 0 Å². The van der Waals surface area contributed by atoms with Gasteiger partial charge in [0, 0.05) is 11.6 Å². The fraction of sp³-hybridized carbons (Fsp3) is 0.167. The third-order valence-electron chi connectivity index (χ3n) is 2.87. The summed E-state index contributed by atoms with van der Waals surface area (Å²) < 4.78 is 10.7. The van der Waals surface area contributed by atoms with E-state index in [0.717, 1.165) is 11.3 Å². The molecule has 0 amide bonds. The van der Waals surface area contributed by atoms with Crippen LogP contribution in [0.4, 0.5) is 0 Å². The largest absolute Gasteiger partial charge is 0.501 e. The average molecular weight is 282 g/mol. The van der Waals surface area contributed by atoms with E-state index in [-0.39, 0.29) is 5.78 Å². The molecule has 0 aliphatic rings. The summed E-state index contributed by atoms with van der Waals surface area (Å²) in [6, 6.07) is 17.0. The van der Waals surface area contributed by atoms with E-state index in [2.05, 4.69) is 0 Å². The fourth-order valence-electron chi connectivity index (χ4n) is 1.76. The molecule has 0 bridgehead atoms. The van der Waals surface area contributed by atoms with Gasteiger partial charge in [0.15, 0.2) is 5.78 Å². The van der Waals surface area contributed by atoms with Gasteiger partial charge >= 0.3 is 0 Å². The second-order valence-electron chi connectivity index (χ2n) is 4.42. The van der Waals surface area contributed by atoms with E-state index in [4.69, 9.17) is 9.47 Å². The molecule has 2 aromatic carbocycles. The highest BCUT2D eigenvalue weighted by atomic mass is 16.5. The Labute approximate surface area is 124 Å². The van der Waals surface area contributed by atoms with E-state index < -0.39 is 0 Å². The summed E-state index contributed by atoms with van der Waals surface area (Å²) in [5.41, 5.74) is 1.72. The van der Waals surface area contributed by atoms with Crippen molar-refractivity contribution in [2.75, 3.05) is 6.61 Å². The zero-order valence-electron chi connectivity index (χ0n) is 12.0. The summed E-state index contributed by atoms with van der Waals surface area (Å²) in [7, 11) is 0. The average Bonchev–Trinajstić information content (AvgIpc) is 2.54. The Morgan fingerprint density at radius 1 is 1.05 bits per heavy atom. The minimum absolute atomic E-state index is 0.0851. The predicted octanol–water partition coefficient (Wildman–Crippen LogP) is 4.00. The number of carbonyl (C=O) groups excluding carboxylic acids is 1. The molecule has 3 heteroatoms. The van der Waals surface area contributed by atoms with Crippen molar-refractivity contribution in [3.8, 4) is 5.75 Å². The van der Waals surface area contributed by atoms with E-state index in [0.29, 0.717) is 18.8 Å². The number of rotatable bonds is 7. The van der Waals surface area contributed by atoms with Gasteiger partial charge in [0.1, 0.15) is 12.4 Å². The number of allylic oxidation sites excluding steroid dienone is 1. The first-order valence-electron chi connectivity index (χ1n) is 6.89. The normalized spacial score (nSPS) is 10.5. The number of ketones is 1. The molecule has 0 N–H and O–H groups in total. The minimum atomic E-state index is -0.0851. The van der Waals surface area contributed by atoms with Crippen molar-refractivity contribution >= 4 is 5.78 Å². The molecule has 0 radical (unpaired) electrons. The van der Waals surface area contributed by atoms with Gasteiger partial charge in [-0.15, -0.1) is 0 Å². The number of hydrogen-bond donors (Lipinski definition) is 0. The highest BCUT2D eigenvalue weighted by Crippen LogP contribution is 2.15. The molecule has 0 unspecified atom stereocenters. The van der Waals surface area contributed by atoms with Gasteiger partial charge in [0.05, 0.1) is 12.9 Å². The van der Waals surface area contributed by atoms with Crippen LogP contribution in [-0.4, -0.2) is 12.4 Å². The van der Waals surface area contributed by atoms with E-state index >= 15 is 0 Å². The van der Waals surface area contributed by atoms with Gasteiger partial charge in [-0.05, 0) is 36.8 Å². The third-order valence-corrected chi connectivity index (χ3v) is 2.87. The third kappa shape index (κ3) is 4.80. The van der Waals surface area contributed by atoms with E-state index in [1.54, 1.807) is 24.3 Å². The summed E-state index contributed by atoms with van der Waals surface area (Å²) in [5.74, 6) is 0.655. The van der Waals surface area contributed by atoms with Crippen molar-refractivity contribution in [1.29, 1.82) is 0 Å². The standard InChI is InChI=1S/C18H18O3/c1-2-20-13-12-18(19)16-8-10-17(11-9-16)21-14-15-6-4-3-5-7-15/h3-13H,2,14H2,1H3. The van der Waals surface area contributed by atoms with Gasteiger partial charge < -0.3 is 9.47 Å². The zero-order chi connectivity index (χ0) is 14.9.